The van der Waals surface area contributed by atoms with Gasteiger partial charge in [0.05, 0.1) is 42.3 Å². The molecule has 4 aliphatic rings. The number of nitrogens with one attached hydrogen (secondary N) is 1. The van der Waals surface area contributed by atoms with E-state index in [1.165, 1.54) is 16.7 Å². The van der Waals surface area contributed by atoms with Crippen molar-refractivity contribution < 1.29 is 9.53 Å². The Kier molecular flexibility index (Phi) is 6.29. The Bertz CT molecular complexity index is 1330. The molecule has 6 rings (SSSR count). The minimum absolute atomic E-state index is 0.00536. The van der Waals surface area contributed by atoms with Crippen molar-refractivity contribution >= 4 is 17.5 Å². The number of rotatable bonds is 5. The summed E-state index contributed by atoms with van der Waals surface area (Å²) in [4.78, 5) is 14.6. The van der Waals surface area contributed by atoms with E-state index >= 15 is 0 Å². The van der Waals surface area contributed by atoms with E-state index in [0.717, 1.165) is 53.8 Å². The van der Waals surface area contributed by atoms with Crippen LogP contribution in [0.4, 0.5) is 4.79 Å². The maximum atomic E-state index is 12.8. The largest absolute Gasteiger partial charge is 0.378 e. The van der Waals surface area contributed by atoms with Crippen molar-refractivity contribution in [3.05, 3.63) is 69.8 Å². The summed E-state index contributed by atoms with van der Waals surface area (Å²) >= 11 is 0. The number of carbonyl (C=O) groups is 1. The van der Waals surface area contributed by atoms with Crippen LogP contribution in [-0.4, -0.2) is 48.7 Å². The fourth-order valence-corrected chi connectivity index (χ4v) is 6.09. The Morgan fingerprint density at radius 1 is 1.16 bits per heavy atom. The first-order valence-corrected chi connectivity index (χ1v) is 13.5. The topological polar surface area (TPSA) is 90.1 Å². The Labute approximate surface area is 218 Å². The zero-order valence-corrected chi connectivity index (χ0v) is 21.5. The fraction of sp³-hybridized carbons (Fsp3) is 0.467. The quantitative estimate of drug-likeness (QED) is 0.656. The Morgan fingerprint density at radius 3 is 2.73 bits per heavy atom. The van der Waals surface area contributed by atoms with Crippen LogP contribution < -0.4 is 5.32 Å². The van der Waals surface area contributed by atoms with E-state index in [1.807, 2.05) is 11.0 Å². The Balaban J connectivity index is 1.24. The number of hydrogen-bond acceptors (Lipinski definition) is 5. The molecule has 2 fully saturated rings. The van der Waals surface area contributed by atoms with Gasteiger partial charge in [-0.25, -0.2) is 4.79 Å². The van der Waals surface area contributed by atoms with Crippen LogP contribution in [0.2, 0.25) is 0 Å². The highest BCUT2D eigenvalue weighted by Gasteiger charge is 2.48. The third kappa shape index (κ3) is 4.55. The molecule has 7 nitrogen and oxygen atoms in total. The molecule has 7 heteroatoms. The average molecular weight is 496 g/mol. The van der Waals surface area contributed by atoms with Gasteiger partial charge in [0.2, 0.25) is 0 Å². The minimum Gasteiger partial charge on any atom is -0.378 e. The van der Waals surface area contributed by atoms with Crippen LogP contribution in [0.1, 0.15) is 66.1 Å². The SMILES string of the molecule is CC(C)Cc1ccc(C2=NN=C(c3cccc4c3CC[C@@H]4NC(=O)N3CCOCC3)C3CC23)cc1C#N. The minimum atomic E-state index is -0.00536. The molecule has 0 radical (unpaired) electrons. The van der Waals surface area contributed by atoms with E-state index in [2.05, 4.69) is 55.6 Å². The van der Waals surface area contributed by atoms with Crippen molar-refractivity contribution in [2.45, 2.75) is 45.6 Å². The van der Waals surface area contributed by atoms with Crippen molar-refractivity contribution in [1.29, 1.82) is 5.26 Å². The summed E-state index contributed by atoms with van der Waals surface area (Å²) in [6.45, 7) is 6.83. The lowest BCUT2D eigenvalue weighted by Gasteiger charge is -2.28. The first kappa shape index (κ1) is 23.9. The van der Waals surface area contributed by atoms with Gasteiger partial charge < -0.3 is 15.0 Å². The van der Waals surface area contributed by atoms with Gasteiger partial charge in [0.1, 0.15) is 0 Å². The summed E-state index contributed by atoms with van der Waals surface area (Å²) in [6.07, 6.45) is 3.76. The van der Waals surface area contributed by atoms with E-state index in [4.69, 9.17) is 14.9 Å². The molecular weight excluding hydrogens is 462 g/mol. The highest BCUT2D eigenvalue weighted by atomic mass is 16.5. The van der Waals surface area contributed by atoms with Gasteiger partial charge in [-0.1, -0.05) is 44.2 Å². The van der Waals surface area contributed by atoms with E-state index < -0.39 is 0 Å². The summed E-state index contributed by atoms with van der Waals surface area (Å²) in [6, 6.07) is 15.0. The third-order valence-electron chi connectivity index (χ3n) is 8.06. The van der Waals surface area contributed by atoms with Gasteiger partial charge >= 0.3 is 6.03 Å². The molecule has 2 aliphatic heterocycles. The molecule has 2 heterocycles. The van der Waals surface area contributed by atoms with Crippen LogP contribution in [0.25, 0.3) is 0 Å². The molecule has 190 valence electrons. The Hall–Kier alpha value is -3.50. The van der Waals surface area contributed by atoms with Crippen LogP contribution >= 0.6 is 0 Å². The first-order valence-electron chi connectivity index (χ1n) is 13.5. The van der Waals surface area contributed by atoms with Crippen LogP contribution in [0.15, 0.2) is 46.6 Å². The van der Waals surface area contributed by atoms with Crippen LogP contribution in [0, 0.1) is 29.1 Å². The van der Waals surface area contributed by atoms with E-state index in [9.17, 15) is 10.1 Å². The molecule has 0 aromatic heterocycles. The van der Waals surface area contributed by atoms with Crippen molar-refractivity contribution in [3.63, 3.8) is 0 Å². The van der Waals surface area contributed by atoms with Crippen LogP contribution in [0.5, 0.6) is 0 Å². The zero-order chi connectivity index (χ0) is 25.5. The number of morpholine rings is 1. The van der Waals surface area contributed by atoms with Crippen molar-refractivity contribution in [2.24, 2.45) is 28.0 Å². The maximum Gasteiger partial charge on any atom is 0.318 e. The van der Waals surface area contributed by atoms with Crippen molar-refractivity contribution in [2.75, 3.05) is 26.3 Å². The van der Waals surface area contributed by atoms with Gasteiger partial charge in [-0.2, -0.15) is 15.5 Å². The summed E-state index contributed by atoms with van der Waals surface area (Å²) in [5.41, 5.74) is 8.61. The smallest absolute Gasteiger partial charge is 0.318 e. The summed E-state index contributed by atoms with van der Waals surface area (Å²) in [5.74, 6) is 1.22. The predicted molar refractivity (Wildman–Crippen MR) is 143 cm³/mol. The molecule has 37 heavy (non-hydrogen) atoms. The van der Waals surface area contributed by atoms with Gasteiger partial charge in [0, 0.05) is 30.5 Å². The molecular formula is C30H33N5O2. The lowest BCUT2D eigenvalue weighted by molar-refractivity contribution is 0.0525. The maximum absolute atomic E-state index is 12.8. The van der Waals surface area contributed by atoms with Crippen molar-refractivity contribution in [3.8, 4) is 6.07 Å². The lowest BCUT2D eigenvalue weighted by atomic mass is 9.92. The predicted octanol–water partition coefficient (Wildman–Crippen LogP) is 4.63. The summed E-state index contributed by atoms with van der Waals surface area (Å²) < 4.78 is 5.38. The second kappa shape index (κ2) is 9.75. The Morgan fingerprint density at radius 2 is 1.95 bits per heavy atom. The molecule has 1 saturated carbocycles. The molecule has 2 aromatic carbocycles. The molecule has 3 atom stereocenters. The highest BCUT2D eigenvalue weighted by molar-refractivity contribution is 6.15. The zero-order valence-electron chi connectivity index (χ0n) is 21.5. The second-order valence-corrected chi connectivity index (χ2v) is 11.0. The normalized spacial score (nSPS) is 24.1. The third-order valence-corrected chi connectivity index (χ3v) is 8.06. The van der Waals surface area contributed by atoms with Gasteiger partial charge in [0.25, 0.3) is 0 Å². The molecule has 2 aliphatic carbocycles. The lowest BCUT2D eigenvalue weighted by Crippen LogP contribution is -2.46. The second-order valence-electron chi connectivity index (χ2n) is 11.0. The number of amides is 2. The van der Waals surface area contributed by atoms with Crippen molar-refractivity contribution in [1.82, 2.24) is 10.2 Å². The van der Waals surface area contributed by atoms with Crippen LogP contribution in [0.3, 0.4) is 0 Å². The molecule has 0 spiro atoms. The van der Waals surface area contributed by atoms with Crippen LogP contribution in [-0.2, 0) is 17.6 Å². The summed E-state index contributed by atoms with van der Waals surface area (Å²) in [5, 5.41) is 22.4. The fourth-order valence-electron chi connectivity index (χ4n) is 6.09. The van der Waals surface area contributed by atoms with Gasteiger partial charge in [-0.05, 0) is 59.9 Å². The number of nitriles is 1. The van der Waals surface area contributed by atoms with E-state index in [1.54, 1.807) is 0 Å². The number of ether oxygens (including phenoxy) is 1. The molecule has 1 N–H and O–H groups in total. The number of carbonyl (C=O) groups excluding carboxylic acids is 1. The number of benzene rings is 2. The molecule has 2 unspecified atom stereocenters. The van der Waals surface area contributed by atoms with Gasteiger partial charge in [-0.3, -0.25) is 0 Å². The molecule has 2 aromatic rings. The average Bonchev–Trinajstić information content (AvgIpc) is 3.62. The number of nitrogens with zero attached hydrogens (tertiary/aromatic N) is 4. The van der Waals surface area contributed by atoms with Gasteiger partial charge in [0.15, 0.2) is 0 Å². The highest BCUT2D eigenvalue weighted by Crippen LogP contribution is 2.48. The standard InChI is InChI=1S/C30H33N5O2/c1-18(2)14-19-6-7-20(15-21(19)17-31)28-25-16-26(25)29(34-33-28)24-5-3-4-23-22(24)8-9-27(23)32-30(36)35-10-12-37-13-11-35/h3-7,15,18,25-27H,8-14,16H2,1-2H3,(H,32,36)/t25?,26?,27-/m0/s1. The van der Waals surface area contributed by atoms with E-state index in [-0.39, 0.29) is 12.1 Å². The molecule has 1 saturated heterocycles. The monoisotopic (exact) mass is 495 g/mol. The number of urea groups is 1. The molecule has 0 bridgehead atoms. The summed E-state index contributed by atoms with van der Waals surface area (Å²) in [7, 11) is 0. The number of hydrogen-bond donors (Lipinski definition) is 1. The first-order chi connectivity index (χ1) is 18.0. The molecule has 2 amide bonds. The van der Waals surface area contributed by atoms with E-state index in [0.29, 0.717) is 44.1 Å². The number of fused-ring (bicyclic) bond motifs is 2. The van der Waals surface area contributed by atoms with Gasteiger partial charge in [-0.15, -0.1) is 0 Å².